The molecule has 0 saturated heterocycles. The van der Waals surface area contributed by atoms with E-state index in [0.717, 1.165) is 22.2 Å². The van der Waals surface area contributed by atoms with E-state index in [1.165, 1.54) is 30.6 Å². The van der Waals surface area contributed by atoms with Crippen LogP contribution in [-0.2, 0) is 6.54 Å². The summed E-state index contributed by atoms with van der Waals surface area (Å²) in [5, 5.41) is 11.8. The van der Waals surface area contributed by atoms with Gasteiger partial charge in [-0.1, -0.05) is 6.42 Å². The van der Waals surface area contributed by atoms with Crippen LogP contribution in [0.3, 0.4) is 0 Å². The fourth-order valence-corrected chi connectivity index (χ4v) is 2.42. The number of nitrogens with two attached hydrogens (primary N) is 1. The molecule has 2 rings (SSSR count). The van der Waals surface area contributed by atoms with Crippen LogP contribution in [0.1, 0.15) is 29.0 Å². The van der Waals surface area contributed by atoms with Crippen molar-refractivity contribution >= 4 is 17.3 Å². The quantitative estimate of drug-likeness (QED) is 0.630. The molecule has 0 radical (unpaired) electrons. The molecule has 0 amide bonds. The second kappa shape index (κ2) is 5.69. The Morgan fingerprint density at radius 3 is 3.00 bits per heavy atom. The van der Waals surface area contributed by atoms with Crippen LogP contribution in [0.25, 0.3) is 0 Å². The molecule has 0 aromatic carbocycles. The predicted molar refractivity (Wildman–Crippen MR) is 69.7 cm³/mol. The molecule has 1 aromatic rings. The van der Waals surface area contributed by atoms with Crippen LogP contribution in [0.15, 0.2) is 17.1 Å². The SMILES string of the molecule is N#Cc1ccc(CN=C(N)NCC2CCC2)s1. The van der Waals surface area contributed by atoms with Gasteiger partial charge in [0.1, 0.15) is 10.9 Å². The molecule has 0 spiro atoms. The van der Waals surface area contributed by atoms with E-state index in [1.807, 2.05) is 12.1 Å². The van der Waals surface area contributed by atoms with E-state index in [1.54, 1.807) is 0 Å². The summed E-state index contributed by atoms with van der Waals surface area (Å²) < 4.78 is 0. The number of nitrogens with zero attached hydrogens (tertiary/aromatic N) is 2. The van der Waals surface area contributed by atoms with Crippen molar-refractivity contribution in [3.05, 3.63) is 21.9 Å². The Bertz CT molecular complexity index is 440. The monoisotopic (exact) mass is 248 g/mol. The highest BCUT2D eigenvalue weighted by Crippen LogP contribution is 2.25. The number of aliphatic imine (C=N–C) groups is 1. The van der Waals surface area contributed by atoms with Gasteiger partial charge >= 0.3 is 0 Å². The molecule has 0 bridgehead atoms. The van der Waals surface area contributed by atoms with Gasteiger partial charge in [-0.05, 0) is 30.9 Å². The Kier molecular flexibility index (Phi) is 3.99. The second-order valence-electron chi connectivity index (χ2n) is 4.26. The summed E-state index contributed by atoms with van der Waals surface area (Å²) in [6, 6.07) is 5.85. The summed E-state index contributed by atoms with van der Waals surface area (Å²) in [6.45, 7) is 1.49. The first-order valence-electron chi connectivity index (χ1n) is 5.80. The second-order valence-corrected chi connectivity index (χ2v) is 5.43. The standard InChI is InChI=1S/C12H16N4S/c13-6-10-4-5-11(17-10)8-16-12(14)15-7-9-2-1-3-9/h4-5,9H,1-3,7-8H2,(H3,14,15,16). The van der Waals surface area contributed by atoms with Gasteiger partial charge < -0.3 is 11.1 Å². The molecule has 3 N–H and O–H groups in total. The molecule has 1 aliphatic carbocycles. The number of rotatable bonds is 4. The number of guanidine groups is 1. The number of nitriles is 1. The van der Waals surface area contributed by atoms with Gasteiger partial charge in [-0.25, -0.2) is 4.99 Å². The van der Waals surface area contributed by atoms with Crippen molar-refractivity contribution < 1.29 is 0 Å². The Hall–Kier alpha value is -1.54. The molecule has 4 nitrogen and oxygen atoms in total. The van der Waals surface area contributed by atoms with Crippen LogP contribution in [0, 0.1) is 17.2 Å². The van der Waals surface area contributed by atoms with Crippen LogP contribution in [0.5, 0.6) is 0 Å². The van der Waals surface area contributed by atoms with E-state index in [9.17, 15) is 0 Å². The maximum absolute atomic E-state index is 8.69. The number of hydrogen-bond acceptors (Lipinski definition) is 3. The Morgan fingerprint density at radius 1 is 1.59 bits per heavy atom. The van der Waals surface area contributed by atoms with Crippen molar-refractivity contribution in [3.8, 4) is 6.07 Å². The van der Waals surface area contributed by atoms with Crippen molar-refractivity contribution in [1.82, 2.24) is 5.32 Å². The molecular weight excluding hydrogens is 232 g/mol. The summed E-state index contributed by atoms with van der Waals surface area (Å²) in [5.74, 6) is 1.28. The number of thiophene rings is 1. The predicted octanol–water partition coefficient (Wildman–Crippen LogP) is 1.82. The van der Waals surface area contributed by atoms with Crippen molar-refractivity contribution in [2.24, 2.45) is 16.6 Å². The first-order chi connectivity index (χ1) is 8.28. The number of hydrogen-bond donors (Lipinski definition) is 2. The van der Waals surface area contributed by atoms with Crippen LogP contribution in [0.4, 0.5) is 0 Å². The summed E-state index contributed by atoms with van der Waals surface area (Å²) in [6.07, 6.45) is 3.95. The first-order valence-corrected chi connectivity index (χ1v) is 6.62. The molecule has 5 heteroatoms. The first kappa shape index (κ1) is 11.9. The Morgan fingerprint density at radius 2 is 2.41 bits per heavy atom. The molecule has 1 saturated carbocycles. The lowest BCUT2D eigenvalue weighted by Gasteiger charge is -2.25. The molecule has 0 atom stereocenters. The minimum Gasteiger partial charge on any atom is -0.370 e. The molecule has 0 unspecified atom stereocenters. The van der Waals surface area contributed by atoms with Crippen molar-refractivity contribution in [2.45, 2.75) is 25.8 Å². The topological polar surface area (TPSA) is 74.2 Å². The highest BCUT2D eigenvalue weighted by Gasteiger charge is 2.16. The van der Waals surface area contributed by atoms with Gasteiger partial charge in [0.2, 0.25) is 0 Å². The van der Waals surface area contributed by atoms with Crippen LogP contribution < -0.4 is 11.1 Å². The molecule has 1 aromatic heterocycles. The zero-order chi connectivity index (χ0) is 12.1. The average Bonchev–Trinajstić information content (AvgIpc) is 2.72. The molecule has 0 aliphatic heterocycles. The van der Waals surface area contributed by atoms with E-state index in [-0.39, 0.29) is 0 Å². The minimum absolute atomic E-state index is 0.504. The van der Waals surface area contributed by atoms with Crippen LogP contribution in [0.2, 0.25) is 0 Å². The van der Waals surface area contributed by atoms with E-state index < -0.39 is 0 Å². The summed E-state index contributed by atoms with van der Waals surface area (Å²) in [7, 11) is 0. The Labute approximate surface area is 105 Å². The van der Waals surface area contributed by atoms with Crippen molar-refractivity contribution in [2.75, 3.05) is 6.54 Å². The van der Waals surface area contributed by atoms with Gasteiger partial charge in [0, 0.05) is 11.4 Å². The smallest absolute Gasteiger partial charge is 0.188 e. The van der Waals surface area contributed by atoms with E-state index in [4.69, 9.17) is 11.0 Å². The third kappa shape index (κ3) is 3.46. The lowest BCUT2D eigenvalue weighted by atomic mass is 9.85. The lowest BCUT2D eigenvalue weighted by molar-refractivity contribution is 0.315. The Balaban J connectivity index is 1.76. The zero-order valence-electron chi connectivity index (χ0n) is 9.65. The third-order valence-electron chi connectivity index (χ3n) is 2.97. The van der Waals surface area contributed by atoms with Gasteiger partial charge in [-0.15, -0.1) is 11.3 Å². The average molecular weight is 248 g/mol. The van der Waals surface area contributed by atoms with E-state index in [2.05, 4.69) is 16.4 Å². The van der Waals surface area contributed by atoms with Crippen LogP contribution in [-0.4, -0.2) is 12.5 Å². The molecule has 1 fully saturated rings. The maximum Gasteiger partial charge on any atom is 0.188 e. The normalized spacial score (nSPS) is 16.3. The minimum atomic E-state index is 0.504. The summed E-state index contributed by atoms with van der Waals surface area (Å²) in [5.41, 5.74) is 5.77. The molecular formula is C12H16N4S. The molecule has 1 aliphatic rings. The number of nitrogens with one attached hydrogen (secondary N) is 1. The van der Waals surface area contributed by atoms with Crippen molar-refractivity contribution in [1.29, 1.82) is 5.26 Å². The van der Waals surface area contributed by atoms with Gasteiger partial charge in [-0.2, -0.15) is 5.26 Å². The highest BCUT2D eigenvalue weighted by atomic mass is 32.1. The summed E-state index contributed by atoms with van der Waals surface area (Å²) >= 11 is 1.46. The van der Waals surface area contributed by atoms with Crippen LogP contribution >= 0.6 is 11.3 Å². The van der Waals surface area contributed by atoms with Gasteiger partial charge in [0.25, 0.3) is 0 Å². The lowest BCUT2D eigenvalue weighted by Crippen LogP contribution is -2.37. The molecule has 17 heavy (non-hydrogen) atoms. The van der Waals surface area contributed by atoms with E-state index >= 15 is 0 Å². The van der Waals surface area contributed by atoms with Gasteiger partial charge in [0.05, 0.1) is 6.54 Å². The fraction of sp³-hybridized carbons (Fsp3) is 0.500. The van der Waals surface area contributed by atoms with Gasteiger partial charge in [0.15, 0.2) is 5.96 Å². The van der Waals surface area contributed by atoms with E-state index in [0.29, 0.717) is 12.5 Å². The molecule has 1 heterocycles. The third-order valence-corrected chi connectivity index (χ3v) is 3.95. The summed E-state index contributed by atoms with van der Waals surface area (Å²) in [4.78, 5) is 6.04. The molecule has 90 valence electrons. The maximum atomic E-state index is 8.69. The zero-order valence-corrected chi connectivity index (χ0v) is 10.5. The fourth-order valence-electron chi connectivity index (χ4n) is 1.69. The van der Waals surface area contributed by atoms with Gasteiger partial charge in [-0.3, -0.25) is 0 Å². The van der Waals surface area contributed by atoms with Crippen molar-refractivity contribution in [3.63, 3.8) is 0 Å². The highest BCUT2D eigenvalue weighted by molar-refractivity contribution is 7.12. The largest absolute Gasteiger partial charge is 0.370 e.